The highest BCUT2D eigenvalue weighted by atomic mass is 16.5. The van der Waals surface area contributed by atoms with E-state index in [9.17, 15) is 9.59 Å². The average molecular weight is 310 g/mol. The highest BCUT2D eigenvalue weighted by Crippen LogP contribution is 2.34. The number of hydrogen-bond donors (Lipinski definition) is 0. The Hall–Kier alpha value is -3.20. The molecule has 0 saturated carbocycles. The Labute approximate surface area is 133 Å². The molecule has 0 fully saturated rings. The minimum absolute atomic E-state index is 0.406. The standard InChI is InChI=1S/C17H14N2O4/c1-22-15-5-3-4-13(17(15)19-11-21)8-12-6-7-14(18-10-20)16(9-12)23-2/h3-7,9H,8H2,1-2H3. The first-order chi connectivity index (χ1) is 11.2. The molecule has 0 saturated heterocycles. The van der Waals surface area contributed by atoms with E-state index in [4.69, 9.17) is 9.47 Å². The second-order valence-electron chi connectivity index (χ2n) is 4.56. The Kier molecular flexibility index (Phi) is 5.42. The predicted molar refractivity (Wildman–Crippen MR) is 84.4 cm³/mol. The first-order valence-corrected chi connectivity index (χ1v) is 6.72. The molecule has 6 heteroatoms. The van der Waals surface area contributed by atoms with Crippen molar-refractivity contribution >= 4 is 23.5 Å². The van der Waals surface area contributed by atoms with Gasteiger partial charge in [0.25, 0.3) is 0 Å². The molecule has 0 aliphatic heterocycles. The second-order valence-corrected chi connectivity index (χ2v) is 4.56. The molecule has 0 N–H and O–H groups in total. The molecule has 0 unspecified atom stereocenters. The number of benzene rings is 2. The van der Waals surface area contributed by atoms with Gasteiger partial charge in [0, 0.05) is 0 Å². The molecule has 0 amide bonds. The monoisotopic (exact) mass is 310 g/mol. The molecule has 116 valence electrons. The van der Waals surface area contributed by atoms with Gasteiger partial charge in [0.1, 0.15) is 22.9 Å². The van der Waals surface area contributed by atoms with E-state index < -0.39 is 0 Å². The van der Waals surface area contributed by atoms with Gasteiger partial charge in [-0.1, -0.05) is 18.2 Å². The van der Waals surface area contributed by atoms with Crippen LogP contribution in [0.4, 0.5) is 11.4 Å². The Morgan fingerprint density at radius 2 is 1.70 bits per heavy atom. The van der Waals surface area contributed by atoms with Crippen molar-refractivity contribution in [3.63, 3.8) is 0 Å². The van der Waals surface area contributed by atoms with Crippen LogP contribution in [-0.2, 0) is 16.0 Å². The number of rotatable bonds is 6. The summed E-state index contributed by atoms with van der Waals surface area (Å²) in [7, 11) is 3.01. The highest BCUT2D eigenvalue weighted by molar-refractivity contribution is 5.64. The fourth-order valence-electron chi connectivity index (χ4n) is 2.24. The molecule has 2 aromatic rings. The van der Waals surface area contributed by atoms with Gasteiger partial charge in [-0.15, -0.1) is 0 Å². The summed E-state index contributed by atoms with van der Waals surface area (Å²) in [6.07, 6.45) is 3.53. The van der Waals surface area contributed by atoms with Gasteiger partial charge in [0.15, 0.2) is 0 Å². The van der Waals surface area contributed by atoms with Crippen LogP contribution in [-0.4, -0.2) is 26.4 Å². The third-order valence-corrected chi connectivity index (χ3v) is 3.26. The Bertz CT molecular complexity index is 804. The molecule has 2 rings (SSSR count). The van der Waals surface area contributed by atoms with Crippen LogP contribution in [0.25, 0.3) is 0 Å². The third kappa shape index (κ3) is 3.71. The minimum atomic E-state index is 0.406. The molecule has 0 aliphatic rings. The van der Waals surface area contributed by atoms with E-state index in [2.05, 4.69) is 9.98 Å². The Balaban J connectivity index is 2.43. The summed E-state index contributed by atoms with van der Waals surface area (Å²) in [5.41, 5.74) is 2.56. The Morgan fingerprint density at radius 3 is 2.35 bits per heavy atom. The van der Waals surface area contributed by atoms with Crippen LogP contribution >= 0.6 is 0 Å². The number of carbonyl (C=O) groups excluding carboxylic acids is 2. The predicted octanol–water partition coefficient (Wildman–Crippen LogP) is 3.23. The maximum absolute atomic E-state index is 10.6. The molecule has 0 bridgehead atoms. The minimum Gasteiger partial charge on any atom is -0.494 e. The number of para-hydroxylation sites is 1. The van der Waals surface area contributed by atoms with Crippen molar-refractivity contribution in [3.05, 3.63) is 47.5 Å². The number of isocyanates is 2. The molecular weight excluding hydrogens is 296 g/mol. The van der Waals surface area contributed by atoms with Crippen LogP contribution < -0.4 is 9.47 Å². The molecule has 2 aromatic carbocycles. The molecule has 0 heterocycles. The quantitative estimate of drug-likeness (QED) is 0.606. The van der Waals surface area contributed by atoms with E-state index in [1.807, 2.05) is 18.2 Å². The van der Waals surface area contributed by atoms with Crippen molar-refractivity contribution in [2.45, 2.75) is 6.42 Å². The van der Waals surface area contributed by atoms with Crippen molar-refractivity contribution in [3.8, 4) is 11.5 Å². The summed E-state index contributed by atoms with van der Waals surface area (Å²) in [5, 5.41) is 0. The van der Waals surface area contributed by atoms with Crippen molar-refractivity contribution in [2.75, 3.05) is 14.2 Å². The Morgan fingerprint density at radius 1 is 0.957 bits per heavy atom. The number of methoxy groups -OCH3 is 2. The molecule has 0 aliphatic carbocycles. The fourth-order valence-corrected chi connectivity index (χ4v) is 2.24. The van der Waals surface area contributed by atoms with Crippen LogP contribution in [0.5, 0.6) is 11.5 Å². The van der Waals surface area contributed by atoms with Crippen LogP contribution in [0.2, 0.25) is 0 Å². The van der Waals surface area contributed by atoms with Gasteiger partial charge in [-0.25, -0.2) is 9.59 Å². The third-order valence-electron chi connectivity index (χ3n) is 3.26. The molecule has 0 spiro atoms. The molecule has 0 radical (unpaired) electrons. The summed E-state index contributed by atoms with van der Waals surface area (Å²) in [6, 6.07) is 10.6. The second kappa shape index (κ2) is 7.71. The van der Waals surface area contributed by atoms with Crippen molar-refractivity contribution in [2.24, 2.45) is 9.98 Å². The molecule has 6 nitrogen and oxygen atoms in total. The first kappa shape index (κ1) is 16.2. The van der Waals surface area contributed by atoms with Gasteiger partial charge in [0.2, 0.25) is 12.2 Å². The summed E-state index contributed by atoms with van der Waals surface area (Å²) in [5.74, 6) is 0.967. The van der Waals surface area contributed by atoms with E-state index in [0.717, 1.165) is 11.1 Å². The van der Waals surface area contributed by atoms with E-state index in [1.54, 1.807) is 24.3 Å². The van der Waals surface area contributed by atoms with E-state index >= 15 is 0 Å². The summed E-state index contributed by atoms with van der Waals surface area (Å²) in [4.78, 5) is 28.4. The molecular formula is C17H14N2O4. The maximum Gasteiger partial charge on any atom is 0.240 e. The van der Waals surface area contributed by atoms with E-state index in [1.165, 1.54) is 20.3 Å². The number of hydrogen-bond acceptors (Lipinski definition) is 6. The smallest absolute Gasteiger partial charge is 0.240 e. The lowest BCUT2D eigenvalue weighted by molar-refractivity contribution is 0.415. The fraction of sp³-hybridized carbons (Fsp3) is 0.176. The normalized spacial score (nSPS) is 9.48. The lowest BCUT2D eigenvalue weighted by atomic mass is 10.0. The largest absolute Gasteiger partial charge is 0.494 e. The summed E-state index contributed by atoms with van der Waals surface area (Å²) < 4.78 is 10.4. The van der Waals surface area contributed by atoms with Crippen LogP contribution in [0.15, 0.2) is 46.4 Å². The SMILES string of the molecule is COc1cc(Cc2cccc(OC)c2N=C=O)ccc1N=C=O. The van der Waals surface area contributed by atoms with Crippen molar-refractivity contribution < 1.29 is 19.1 Å². The maximum atomic E-state index is 10.6. The summed E-state index contributed by atoms with van der Waals surface area (Å²) >= 11 is 0. The van der Waals surface area contributed by atoms with Crippen LogP contribution in [0, 0.1) is 0 Å². The highest BCUT2D eigenvalue weighted by Gasteiger charge is 2.11. The van der Waals surface area contributed by atoms with Crippen LogP contribution in [0.3, 0.4) is 0 Å². The summed E-state index contributed by atoms with van der Waals surface area (Å²) in [6.45, 7) is 0. The zero-order chi connectivity index (χ0) is 16.7. The molecule has 0 atom stereocenters. The van der Waals surface area contributed by atoms with Gasteiger partial charge in [-0.3, -0.25) is 0 Å². The number of ether oxygens (including phenoxy) is 2. The van der Waals surface area contributed by atoms with Crippen LogP contribution in [0.1, 0.15) is 11.1 Å². The van der Waals surface area contributed by atoms with Crippen molar-refractivity contribution in [1.82, 2.24) is 0 Å². The van der Waals surface area contributed by atoms with Gasteiger partial charge >= 0.3 is 0 Å². The van der Waals surface area contributed by atoms with Gasteiger partial charge in [0.05, 0.1) is 14.2 Å². The topological polar surface area (TPSA) is 77.3 Å². The number of nitrogens with zero attached hydrogens (tertiary/aromatic N) is 2. The lowest BCUT2D eigenvalue weighted by Gasteiger charge is -2.10. The average Bonchev–Trinajstić information content (AvgIpc) is 2.58. The first-order valence-electron chi connectivity index (χ1n) is 6.72. The van der Waals surface area contributed by atoms with Gasteiger partial charge in [-0.2, -0.15) is 9.98 Å². The number of aliphatic imine (C=N–C) groups is 2. The van der Waals surface area contributed by atoms with Crippen molar-refractivity contribution in [1.29, 1.82) is 0 Å². The van der Waals surface area contributed by atoms with E-state index in [0.29, 0.717) is 29.3 Å². The molecule has 23 heavy (non-hydrogen) atoms. The molecule has 0 aromatic heterocycles. The van der Waals surface area contributed by atoms with Gasteiger partial charge < -0.3 is 9.47 Å². The lowest BCUT2D eigenvalue weighted by Crippen LogP contribution is -1.93. The van der Waals surface area contributed by atoms with E-state index in [-0.39, 0.29) is 0 Å². The zero-order valence-electron chi connectivity index (χ0n) is 12.7. The zero-order valence-corrected chi connectivity index (χ0v) is 12.7. The van der Waals surface area contributed by atoms with Gasteiger partial charge in [-0.05, 0) is 35.7 Å².